The number of anilines is 1. The fourth-order valence-electron chi connectivity index (χ4n) is 2.70. The van der Waals surface area contributed by atoms with Crippen LogP contribution in [0, 0.1) is 6.92 Å². The van der Waals surface area contributed by atoms with Crippen LogP contribution in [0.1, 0.15) is 27.2 Å². The Morgan fingerprint density at radius 1 is 1.00 bits per heavy atom. The molecule has 32 heavy (non-hydrogen) atoms. The number of hydrogen-bond acceptors (Lipinski definition) is 6. The lowest BCUT2D eigenvalue weighted by Crippen LogP contribution is -2.30. The smallest absolute Gasteiger partial charge is 0.354 e. The Balaban J connectivity index is 1.58. The molecule has 0 fully saturated rings. The van der Waals surface area contributed by atoms with E-state index in [-0.39, 0.29) is 23.0 Å². The maximum atomic E-state index is 12.7. The summed E-state index contributed by atoms with van der Waals surface area (Å²) in [6.07, 6.45) is -3.16. The zero-order chi connectivity index (χ0) is 23.4. The number of aromatic nitrogens is 2. The third-order valence-corrected chi connectivity index (χ3v) is 5.76. The second-order valence-corrected chi connectivity index (χ2v) is 8.57. The van der Waals surface area contributed by atoms with E-state index in [4.69, 9.17) is 0 Å². The zero-order valence-electron chi connectivity index (χ0n) is 16.8. The Labute approximate surface area is 182 Å². The summed E-state index contributed by atoms with van der Waals surface area (Å²) in [7, 11) is -4.06. The van der Waals surface area contributed by atoms with Gasteiger partial charge < -0.3 is 5.32 Å². The molecule has 11 heteroatoms. The maximum absolute atomic E-state index is 12.7. The number of amides is 1. The lowest BCUT2D eigenvalue weighted by Gasteiger charge is -2.10. The third-order valence-electron chi connectivity index (χ3n) is 4.42. The molecule has 7 nitrogen and oxygen atoms in total. The van der Waals surface area contributed by atoms with Crippen molar-refractivity contribution < 1.29 is 26.4 Å². The summed E-state index contributed by atoms with van der Waals surface area (Å²) < 4.78 is 65.0. The van der Waals surface area contributed by atoms with Gasteiger partial charge in [-0.15, -0.1) is 0 Å². The number of rotatable bonds is 7. The molecule has 0 aliphatic carbocycles. The average Bonchev–Trinajstić information content (AvgIpc) is 2.74. The summed E-state index contributed by atoms with van der Waals surface area (Å²) in [6.45, 7) is 2.08. The van der Waals surface area contributed by atoms with Crippen molar-refractivity contribution in [2.45, 2.75) is 24.4 Å². The largest absolute Gasteiger partial charge is 0.433 e. The number of carbonyl (C=O) groups excluding carboxylic acids is 1. The maximum Gasteiger partial charge on any atom is 0.433 e. The Morgan fingerprint density at radius 3 is 2.28 bits per heavy atom. The van der Waals surface area contributed by atoms with Gasteiger partial charge in [0, 0.05) is 18.3 Å². The molecule has 0 aliphatic rings. The Kier molecular flexibility index (Phi) is 6.78. The van der Waals surface area contributed by atoms with E-state index in [1.807, 2.05) is 11.6 Å². The van der Waals surface area contributed by atoms with Crippen molar-refractivity contribution in [2.24, 2.45) is 0 Å². The van der Waals surface area contributed by atoms with Crippen molar-refractivity contribution >= 4 is 21.9 Å². The molecule has 168 valence electrons. The molecular formula is C21H19F3N4O3S. The molecule has 0 atom stereocenters. The molecule has 1 amide bonds. The molecule has 1 heterocycles. The number of aryl methyl sites for hydroxylation is 1. The summed E-state index contributed by atoms with van der Waals surface area (Å²) in [5, 5.41) is 2.70. The standard InChI is InChI=1S/C21H19F3N4O3S/c1-14-2-6-16(7-3-14)19(29)28-32(30,31)17-8-4-15(5-9-17)10-12-25-20-26-13-11-18(27-20)21(22,23)24/h2-9,11,13H,10,12H2,1H3,(H,28,29)(H,25,26,27). The van der Waals surface area contributed by atoms with Crippen molar-refractivity contribution in [3.8, 4) is 0 Å². The summed E-state index contributed by atoms with van der Waals surface area (Å²) >= 11 is 0. The molecule has 0 aliphatic heterocycles. The molecule has 2 N–H and O–H groups in total. The first-order chi connectivity index (χ1) is 15.0. The highest BCUT2D eigenvalue weighted by Gasteiger charge is 2.32. The van der Waals surface area contributed by atoms with Crippen LogP contribution < -0.4 is 10.0 Å². The SMILES string of the molecule is Cc1ccc(C(=O)NS(=O)(=O)c2ccc(CCNc3nccc(C(F)(F)F)n3)cc2)cc1. The molecule has 0 saturated heterocycles. The average molecular weight is 464 g/mol. The van der Waals surface area contributed by atoms with E-state index < -0.39 is 27.8 Å². The van der Waals surface area contributed by atoms with Crippen molar-refractivity contribution in [3.63, 3.8) is 0 Å². The van der Waals surface area contributed by atoms with Gasteiger partial charge in [-0.25, -0.2) is 23.1 Å². The summed E-state index contributed by atoms with van der Waals surface area (Å²) in [4.78, 5) is 19.3. The topological polar surface area (TPSA) is 101 Å². The molecule has 0 radical (unpaired) electrons. The van der Waals surface area contributed by atoms with E-state index in [9.17, 15) is 26.4 Å². The highest BCUT2D eigenvalue weighted by atomic mass is 32.2. The number of sulfonamides is 1. The van der Waals surface area contributed by atoms with Gasteiger partial charge in [-0.05, 0) is 49.2 Å². The minimum Gasteiger partial charge on any atom is -0.354 e. The molecule has 3 aromatic rings. The normalized spacial score (nSPS) is 11.8. The first-order valence-electron chi connectivity index (χ1n) is 9.41. The lowest BCUT2D eigenvalue weighted by molar-refractivity contribution is -0.141. The van der Waals surface area contributed by atoms with Gasteiger partial charge in [-0.3, -0.25) is 4.79 Å². The van der Waals surface area contributed by atoms with Crippen LogP contribution in [0.5, 0.6) is 0 Å². The highest BCUT2D eigenvalue weighted by Crippen LogP contribution is 2.27. The molecule has 0 spiro atoms. The number of nitrogens with zero attached hydrogens (tertiary/aromatic N) is 2. The molecule has 2 aromatic carbocycles. The van der Waals surface area contributed by atoms with Crippen LogP contribution in [0.2, 0.25) is 0 Å². The van der Waals surface area contributed by atoms with Gasteiger partial charge in [0.05, 0.1) is 4.90 Å². The zero-order valence-corrected chi connectivity index (χ0v) is 17.7. The predicted octanol–water partition coefficient (Wildman–Crippen LogP) is 3.58. The summed E-state index contributed by atoms with van der Waals surface area (Å²) in [5.74, 6) is -0.891. The van der Waals surface area contributed by atoms with E-state index in [2.05, 4.69) is 15.3 Å². The van der Waals surface area contributed by atoms with E-state index in [0.29, 0.717) is 6.42 Å². The first kappa shape index (κ1) is 23.2. The second kappa shape index (κ2) is 9.35. The monoisotopic (exact) mass is 464 g/mol. The lowest BCUT2D eigenvalue weighted by atomic mass is 10.1. The van der Waals surface area contributed by atoms with E-state index >= 15 is 0 Å². The molecule has 3 rings (SSSR count). The fraction of sp³-hybridized carbons (Fsp3) is 0.190. The minimum absolute atomic E-state index is 0.0871. The van der Waals surface area contributed by atoms with Crippen molar-refractivity contribution in [2.75, 3.05) is 11.9 Å². The summed E-state index contributed by atoms with van der Waals surface area (Å²) in [5.41, 5.74) is 0.846. The third kappa shape index (κ3) is 6.03. The Bertz CT molecular complexity index is 1200. The van der Waals surface area contributed by atoms with Crippen LogP contribution in [0.4, 0.5) is 19.1 Å². The van der Waals surface area contributed by atoms with Crippen molar-refractivity contribution in [1.29, 1.82) is 0 Å². The number of benzene rings is 2. The number of nitrogens with one attached hydrogen (secondary N) is 2. The highest BCUT2D eigenvalue weighted by molar-refractivity contribution is 7.90. The van der Waals surface area contributed by atoms with Gasteiger partial charge >= 0.3 is 6.18 Å². The number of hydrogen-bond donors (Lipinski definition) is 2. The van der Waals surface area contributed by atoms with Crippen LogP contribution in [-0.2, 0) is 22.6 Å². The molecule has 0 saturated carbocycles. The minimum atomic E-state index is -4.56. The van der Waals surface area contributed by atoms with Crippen LogP contribution in [-0.4, -0.2) is 30.8 Å². The van der Waals surface area contributed by atoms with Crippen LogP contribution in [0.25, 0.3) is 0 Å². The molecular weight excluding hydrogens is 445 g/mol. The van der Waals surface area contributed by atoms with E-state index in [1.54, 1.807) is 24.3 Å². The second-order valence-electron chi connectivity index (χ2n) is 6.88. The van der Waals surface area contributed by atoms with E-state index in [0.717, 1.165) is 23.4 Å². The Morgan fingerprint density at radius 2 is 1.66 bits per heavy atom. The van der Waals surface area contributed by atoms with Crippen molar-refractivity contribution in [1.82, 2.24) is 14.7 Å². The first-order valence-corrected chi connectivity index (χ1v) is 10.9. The molecule has 0 bridgehead atoms. The van der Waals surface area contributed by atoms with Gasteiger partial charge in [0.1, 0.15) is 5.69 Å². The van der Waals surface area contributed by atoms with Gasteiger partial charge in [0.15, 0.2) is 0 Å². The number of carbonyl (C=O) groups is 1. The Hall–Kier alpha value is -3.47. The predicted molar refractivity (Wildman–Crippen MR) is 112 cm³/mol. The van der Waals surface area contributed by atoms with Crippen LogP contribution >= 0.6 is 0 Å². The van der Waals surface area contributed by atoms with Gasteiger partial charge in [0.25, 0.3) is 15.9 Å². The van der Waals surface area contributed by atoms with Crippen LogP contribution in [0.15, 0.2) is 65.7 Å². The van der Waals surface area contributed by atoms with Gasteiger partial charge in [0.2, 0.25) is 5.95 Å². The quantitative estimate of drug-likeness (QED) is 0.554. The van der Waals surface area contributed by atoms with Gasteiger partial charge in [-0.1, -0.05) is 29.8 Å². The van der Waals surface area contributed by atoms with Crippen molar-refractivity contribution in [3.05, 3.63) is 83.2 Å². The van der Waals surface area contributed by atoms with Gasteiger partial charge in [-0.2, -0.15) is 13.2 Å². The number of halogens is 3. The number of alkyl halides is 3. The van der Waals surface area contributed by atoms with Crippen LogP contribution in [0.3, 0.4) is 0 Å². The molecule has 1 aromatic heterocycles. The molecule has 0 unspecified atom stereocenters. The fourth-order valence-corrected chi connectivity index (χ4v) is 3.67. The van der Waals surface area contributed by atoms with E-state index in [1.165, 1.54) is 24.3 Å². The summed E-state index contributed by atoms with van der Waals surface area (Å²) in [6, 6.07) is 13.1.